The molecule has 0 fully saturated rings. The number of nitrogens with zero attached hydrogens (tertiary/aromatic N) is 2. The van der Waals surface area contributed by atoms with Crippen molar-refractivity contribution in [3.05, 3.63) is 110 Å². The van der Waals surface area contributed by atoms with Crippen LogP contribution in [0.2, 0.25) is 0 Å². The molecule has 0 unspecified atom stereocenters. The number of carboxylic acid groups (broad SMARTS) is 1. The number of anilines is 1. The number of nitrogens with two attached hydrogens (primary N) is 1. The summed E-state index contributed by atoms with van der Waals surface area (Å²) in [6, 6.07) is 19.2. The van der Waals surface area contributed by atoms with E-state index in [9.17, 15) is 25.0 Å². The van der Waals surface area contributed by atoms with Crippen LogP contribution in [0.25, 0.3) is 0 Å². The summed E-state index contributed by atoms with van der Waals surface area (Å²) >= 11 is 0. The molecule has 0 aliphatic heterocycles. The lowest BCUT2D eigenvalue weighted by molar-refractivity contribution is -0.385. The molecule has 3 aromatic rings. The van der Waals surface area contributed by atoms with Gasteiger partial charge < -0.3 is 10.8 Å². The molecule has 0 saturated heterocycles. The fourth-order valence-electron chi connectivity index (χ4n) is 2.16. The fourth-order valence-corrected chi connectivity index (χ4v) is 2.16. The molecule has 0 spiro atoms. The Morgan fingerprint density at radius 1 is 0.800 bits per heavy atom. The van der Waals surface area contributed by atoms with Gasteiger partial charge in [0, 0.05) is 30.0 Å². The number of carboxylic acids is 1. The van der Waals surface area contributed by atoms with Crippen molar-refractivity contribution < 1.29 is 19.7 Å². The van der Waals surface area contributed by atoms with Crippen LogP contribution in [-0.2, 0) is 0 Å². The summed E-state index contributed by atoms with van der Waals surface area (Å²) in [7, 11) is 0. The van der Waals surface area contributed by atoms with Gasteiger partial charge in [0.1, 0.15) is 0 Å². The van der Waals surface area contributed by atoms with Gasteiger partial charge in [0.2, 0.25) is 0 Å². The second-order valence-electron chi connectivity index (χ2n) is 6.12. The summed E-state index contributed by atoms with van der Waals surface area (Å²) in [5, 5.41) is 28.8. The summed E-state index contributed by atoms with van der Waals surface area (Å²) in [5.41, 5.74) is 8.28. The van der Waals surface area contributed by atoms with Crippen LogP contribution < -0.4 is 5.73 Å². The van der Waals surface area contributed by atoms with Crippen LogP contribution in [0.15, 0.2) is 72.8 Å². The number of hydrogen-bond acceptors (Lipinski definition) is 6. The second kappa shape index (κ2) is 11.5. The van der Waals surface area contributed by atoms with Gasteiger partial charge in [-0.15, -0.1) is 0 Å². The molecule has 0 aliphatic carbocycles. The number of carbonyl (C=O) groups is 1. The van der Waals surface area contributed by atoms with Crippen molar-refractivity contribution in [3.63, 3.8) is 0 Å². The van der Waals surface area contributed by atoms with Gasteiger partial charge in [0.25, 0.3) is 11.4 Å². The summed E-state index contributed by atoms with van der Waals surface area (Å²) in [5.74, 6) is -1.17. The molecule has 0 radical (unpaired) electrons. The van der Waals surface area contributed by atoms with E-state index in [4.69, 9.17) is 10.8 Å². The highest BCUT2D eigenvalue weighted by molar-refractivity contribution is 5.88. The Balaban J connectivity index is 0.000000230. The number of nitrogen functional groups attached to an aromatic ring is 1. The molecule has 156 valence electrons. The molecule has 30 heavy (non-hydrogen) atoms. The van der Waals surface area contributed by atoms with E-state index in [0.717, 1.165) is 17.3 Å². The smallest absolute Gasteiger partial charge is 0.335 e. The van der Waals surface area contributed by atoms with Gasteiger partial charge in [-0.05, 0) is 43.2 Å². The number of benzene rings is 3. The van der Waals surface area contributed by atoms with Crippen LogP contribution in [0.4, 0.5) is 17.1 Å². The van der Waals surface area contributed by atoms with Gasteiger partial charge in [-0.3, -0.25) is 20.2 Å². The third-order valence-electron chi connectivity index (χ3n) is 3.56. The molecule has 3 aromatic carbocycles. The molecule has 0 heterocycles. The average Bonchev–Trinajstić information content (AvgIpc) is 2.69. The highest BCUT2D eigenvalue weighted by Crippen LogP contribution is 2.12. The topological polar surface area (TPSA) is 150 Å². The monoisotopic (exact) mass is 411 g/mol. The van der Waals surface area contributed by atoms with Crippen LogP contribution >= 0.6 is 0 Å². The first-order chi connectivity index (χ1) is 14.1. The number of aryl methyl sites for hydroxylation is 2. The Hall–Kier alpha value is -4.27. The lowest BCUT2D eigenvalue weighted by Gasteiger charge is -1.92. The highest BCUT2D eigenvalue weighted by atomic mass is 16.6. The van der Waals surface area contributed by atoms with Gasteiger partial charge in [-0.25, -0.2) is 4.79 Å². The molecule has 9 nitrogen and oxygen atoms in total. The number of hydrogen-bond donors (Lipinski definition) is 2. The van der Waals surface area contributed by atoms with Crippen LogP contribution in [-0.4, -0.2) is 20.9 Å². The third-order valence-corrected chi connectivity index (χ3v) is 3.56. The Morgan fingerprint density at radius 2 is 1.27 bits per heavy atom. The minimum atomic E-state index is -1.17. The standard InChI is InChI=1S/C7H5NO4.C7H7NO2.C7H9N/c9-7(10)5-2-1-3-6(4-5)8(11)12;1-6-3-2-4-7(5-6)8(9)10;1-6-3-2-4-7(8)5-6/h1-4H,(H,9,10);2-5H,1H3;2-5H,8H2,1H3. The van der Waals surface area contributed by atoms with Gasteiger partial charge >= 0.3 is 5.97 Å². The number of non-ortho nitro benzene ring substituents is 2. The first-order valence-electron chi connectivity index (χ1n) is 8.61. The molecule has 0 aliphatic rings. The Morgan fingerprint density at radius 3 is 1.63 bits per heavy atom. The second-order valence-corrected chi connectivity index (χ2v) is 6.12. The van der Waals surface area contributed by atoms with Crippen molar-refractivity contribution in [3.8, 4) is 0 Å². The first kappa shape index (κ1) is 23.8. The summed E-state index contributed by atoms with van der Waals surface area (Å²) in [6.45, 7) is 3.85. The molecule has 3 N–H and O–H groups in total. The predicted octanol–water partition coefficient (Wildman–Crippen LogP) is 4.77. The van der Waals surface area contributed by atoms with Crippen molar-refractivity contribution in [2.75, 3.05) is 5.73 Å². The number of nitro benzene ring substituents is 2. The normalized spacial score (nSPS) is 9.27. The van der Waals surface area contributed by atoms with Crippen LogP contribution in [0.3, 0.4) is 0 Å². The van der Waals surface area contributed by atoms with Crippen molar-refractivity contribution in [1.29, 1.82) is 0 Å². The molecule has 0 saturated carbocycles. The Bertz CT molecular complexity index is 990. The first-order valence-corrected chi connectivity index (χ1v) is 8.61. The highest BCUT2D eigenvalue weighted by Gasteiger charge is 2.09. The van der Waals surface area contributed by atoms with Gasteiger partial charge in [-0.2, -0.15) is 0 Å². The zero-order chi connectivity index (χ0) is 22.7. The molecular formula is C21H21N3O6. The lowest BCUT2D eigenvalue weighted by Crippen LogP contribution is -1.97. The Kier molecular flexibility index (Phi) is 9.15. The fraction of sp³-hybridized carbons (Fsp3) is 0.0952. The van der Waals surface area contributed by atoms with Crippen molar-refractivity contribution in [2.24, 2.45) is 0 Å². The summed E-state index contributed by atoms with van der Waals surface area (Å²) in [6.07, 6.45) is 0. The summed E-state index contributed by atoms with van der Waals surface area (Å²) < 4.78 is 0. The lowest BCUT2D eigenvalue weighted by atomic mass is 10.2. The number of nitro groups is 2. The molecule has 0 aromatic heterocycles. The van der Waals surface area contributed by atoms with Crippen molar-refractivity contribution in [1.82, 2.24) is 0 Å². The van der Waals surface area contributed by atoms with Gasteiger partial charge in [0.15, 0.2) is 0 Å². The summed E-state index contributed by atoms with van der Waals surface area (Å²) in [4.78, 5) is 29.7. The van der Waals surface area contributed by atoms with E-state index in [2.05, 4.69) is 0 Å². The van der Waals surface area contributed by atoms with Gasteiger partial charge in [0.05, 0.1) is 15.4 Å². The van der Waals surface area contributed by atoms with E-state index in [-0.39, 0.29) is 16.9 Å². The SMILES string of the molecule is Cc1cccc(N)c1.Cc1cccc([N+](=O)[O-])c1.O=C(O)c1cccc([N+](=O)[O-])c1. The molecule has 0 atom stereocenters. The Labute approximate surface area is 172 Å². The van der Waals surface area contributed by atoms with Crippen LogP contribution in [0, 0.1) is 34.1 Å². The number of rotatable bonds is 3. The number of aromatic carboxylic acids is 1. The van der Waals surface area contributed by atoms with E-state index in [1.807, 2.05) is 44.2 Å². The third kappa shape index (κ3) is 8.61. The molecule has 0 amide bonds. The van der Waals surface area contributed by atoms with Crippen molar-refractivity contribution >= 4 is 23.0 Å². The minimum Gasteiger partial charge on any atom is -0.478 e. The van der Waals surface area contributed by atoms with Gasteiger partial charge in [-0.1, -0.05) is 30.3 Å². The maximum Gasteiger partial charge on any atom is 0.335 e. The maximum absolute atomic E-state index is 10.4. The van der Waals surface area contributed by atoms with E-state index in [0.29, 0.717) is 0 Å². The van der Waals surface area contributed by atoms with E-state index < -0.39 is 15.8 Å². The molecule has 9 heteroatoms. The molecule has 3 rings (SSSR count). The van der Waals surface area contributed by atoms with Crippen LogP contribution in [0.1, 0.15) is 21.5 Å². The van der Waals surface area contributed by atoms with E-state index in [1.165, 1.54) is 29.8 Å². The zero-order valence-corrected chi connectivity index (χ0v) is 16.4. The van der Waals surface area contributed by atoms with E-state index in [1.54, 1.807) is 12.1 Å². The predicted molar refractivity (Wildman–Crippen MR) is 113 cm³/mol. The minimum absolute atomic E-state index is 0.0794. The zero-order valence-electron chi connectivity index (χ0n) is 16.4. The largest absolute Gasteiger partial charge is 0.478 e. The molecule has 0 bridgehead atoms. The van der Waals surface area contributed by atoms with Crippen LogP contribution in [0.5, 0.6) is 0 Å². The maximum atomic E-state index is 10.4. The average molecular weight is 411 g/mol. The van der Waals surface area contributed by atoms with Crippen molar-refractivity contribution in [2.45, 2.75) is 13.8 Å². The molecular weight excluding hydrogens is 390 g/mol. The van der Waals surface area contributed by atoms with E-state index >= 15 is 0 Å². The quantitative estimate of drug-likeness (QED) is 0.358.